The average molecular weight is 760 g/mol. The van der Waals surface area contributed by atoms with Crippen LogP contribution >= 0.6 is 0 Å². The molecule has 0 radical (unpaired) electrons. The van der Waals surface area contributed by atoms with Crippen LogP contribution in [0.3, 0.4) is 0 Å². The summed E-state index contributed by atoms with van der Waals surface area (Å²) >= 11 is 0. The molecule has 5 amide bonds. The maximum Gasteiger partial charge on any atom is 0.315 e. The number of nitrogens with zero attached hydrogens (tertiary/aromatic N) is 1. The van der Waals surface area contributed by atoms with Gasteiger partial charge in [0.05, 0.1) is 22.1 Å². The number of hydrogen-bond donors (Lipinski definition) is 4. The summed E-state index contributed by atoms with van der Waals surface area (Å²) in [5, 5.41) is 11.9. The van der Waals surface area contributed by atoms with Gasteiger partial charge in [0.25, 0.3) is 5.91 Å². The van der Waals surface area contributed by atoms with Crippen LogP contribution in [-0.4, -0.2) is 89.6 Å². The molecule has 0 bridgehead atoms. The first-order chi connectivity index (χ1) is 24.8. The molecule has 0 aromatic carbocycles. The number of urea groups is 1. The van der Waals surface area contributed by atoms with Crippen LogP contribution in [0.25, 0.3) is 0 Å². The van der Waals surface area contributed by atoms with Gasteiger partial charge in [-0.25, -0.2) is 13.2 Å². The predicted octanol–water partition coefficient (Wildman–Crippen LogP) is 4.55. The fourth-order valence-electron chi connectivity index (χ4n) is 9.66. The zero-order valence-electron chi connectivity index (χ0n) is 33.0. The van der Waals surface area contributed by atoms with Crippen molar-refractivity contribution >= 4 is 39.4 Å². The van der Waals surface area contributed by atoms with E-state index in [1.165, 1.54) is 0 Å². The van der Waals surface area contributed by atoms with Crippen LogP contribution in [0.4, 0.5) is 4.79 Å². The Morgan fingerprint density at radius 3 is 2.00 bits per heavy atom. The molecular formula is C40H65N5O7S. The minimum atomic E-state index is -3.56. The van der Waals surface area contributed by atoms with Crippen LogP contribution in [0.5, 0.6) is 0 Å². The number of nitrogens with one attached hydrogen (secondary N) is 4. The van der Waals surface area contributed by atoms with Gasteiger partial charge in [0, 0.05) is 12.6 Å². The van der Waals surface area contributed by atoms with Gasteiger partial charge < -0.3 is 26.2 Å². The summed E-state index contributed by atoms with van der Waals surface area (Å²) in [6.45, 7) is 11.6. The third-order valence-electron chi connectivity index (χ3n) is 13.9. The number of carbonyl (C=O) groups is 5. The van der Waals surface area contributed by atoms with Crippen LogP contribution in [-0.2, 0) is 29.0 Å². The Morgan fingerprint density at radius 1 is 0.830 bits per heavy atom. The maximum absolute atomic E-state index is 15.0. The number of fused-ring (bicyclic) bond motifs is 1. The van der Waals surface area contributed by atoms with Crippen molar-refractivity contribution < 1.29 is 32.4 Å². The molecule has 5 atom stereocenters. The van der Waals surface area contributed by atoms with Crippen molar-refractivity contribution in [2.24, 2.45) is 28.6 Å². The van der Waals surface area contributed by atoms with Crippen molar-refractivity contribution in [1.29, 1.82) is 0 Å². The topological polar surface area (TPSA) is 171 Å². The molecule has 6 rings (SSSR count). The first-order valence-corrected chi connectivity index (χ1v) is 22.2. The lowest BCUT2D eigenvalue weighted by molar-refractivity contribution is -0.146. The maximum atomic E-state index is 15.0. The molecule has 5 saturated carbocycles. The summed E-state index contributed by atoms with van der Waals surface area (Å²) in [5.74, 6) is -1.74. The monoisotopic (exact) mass is 759 g/mol. The number of hydrogen-bond acceptors (Lipinski definition) is 7. The Kier molecular flexibility index (Phi) is 11.1. The van der Waals surface area contributed by atoms with E-state index in [0.717, 1.165) is 83.5 Å². The normalized spacial score (nSPS) is 28.5. The molecule has 298 valence electrons. The Balaban J connectivity index is 1.23. The smallest absolute Gasteiger partial charge is 0.315 e. The first kappa shape index (κ1) is 40.0. The third kappa shape index (κ3) is 8.75. The fourth-order valence-corrected chi connectivity index (χ4v) is 11.2. The lowest BCUT2D eigenvalue weighted by Crippen LogP contribution is -2.65. The summed E-state index contributed by atoms with van der Waals surface area (Å²) in [6.07, 6.45) is 12.9. The van der Waals surface area contributed by atoms with Crippen LogP contribution in [0.15, 0.2) is 0 Å². The van der Waals surface area contributed by atoms with E-state index in [4.69, 9.17) is 0 Å². The lowest BCUT2D eigenvalue weighted by Gasteiger charge is -2.44. The highest BCUT2D eigenvalue weighted by Crippen LogP contribution is 2.65. The van der Waals surface area contributed by atoms with Crippen molar-refractivity contribution in [2.45, 2.75) is 179 Å². The first-order valence-electron chi connectivity index (χ1n) is 20.5. The summed E-state index contributed by atoms with van der Waals surface area (Å²) in [4.78, 5) is 71.4. The number of rotatable bonds is 14. The highest BCUT2D eigenvalue weighted by atomic mass is 32.2. The zero-order chi connectivity index (χ0) is 38.6. The molecule has 0 aromatic rings. The number of likely N-dealkylation sites (tertiary alicyclic amines) is 1. The van der Waals surface area contributed by atoms with Gasteiger partial charge in [-0.1, -0.05) is 72.1 Å². The van der Waals surface area contributed by atoms with Crippen LogP contribution < -0.4 is 21.3 Å². The number of amides is 5. The molecule has 1 saturated heterocycles. The van der Waals surface area contributed by atoms with Gasteiger partial charge in [0.15, 0.2) is 9.84 Å². The number of ketones is 1. The van der Waals surface area contributed by atoms with Gasteiger partial charge in [-0.3, -0.25) is 19.2 Å². The highest BCUT2D eigenvalue weighted by molar-refractivity contribution is 7.92. The SMILES string of the molecule is CC1([C@H](NC(=O)NC2(CS(=O)(=O)C(C)(C)C)CCCCC2)C(=O)N2CC3[C@@H]([C@H]2C(=O)N[C@@H](CCC2CC2)C(=O)C(=O)NC2CC2)C3(C)C)CCCCC1. The van der Waals surface area contributed by atoms with Gasteiger partial charge in [0.2, 0.25) is 17.6 Å². The summed E-state index contributed by atoms with van der Waals surface area (Å²) < 4.78 is 26.0. The van der Waals surface area contributed by atoms with Crippen LogP contribution in [0.2, 0.25) is 0 Å². The Morgan fingerprint density at radius 2 is 1.43 bits per heavy atom. The van der Waals surface area contributed by atoms with E-state index >= 15 is 0 Å². The Labute approximate surface area is 316 Å². The van der Waals surface area contributed by atoms with Gasteiger partial charge in [-0.15, -0.1) is 0 Å². The number of sulfone groups is 1. The summed E-state index contributed by atoms with van der Waals surface area (Å²) in [5.41, 5.74) is -1.70. The number of Topliss-reactive ketones (excluding diaryl/α,β-unsaturated/α-hetero) is 1. The van der Waals surface area contributed by atoms with E-state index in [1.807, 2.05) is 6.92 Å². The molecule has 6 fully saturated rings. The Hall–Kier alpha value is -2.70. The molecule has 53 heavy (non-hydrogen) atoms. The zero-order valence-corrected chi connectivity index (χ0v) is 33.8. The molecule has 5 aliphatic carbocycles. The van der Waals surface area contributed by atoms with Gasteiger partial charge in [-0.05, 0) is 101 Å². The van der Waals surface area contributed by atoms with E-state index < -0.39 is 67.3 Å². The molecule has 6 aliphatic rings. The van der Waals surface area contributed by atoms with Crippen LogP contribution in [0.1, 0.15) is 144 Å². The fraction of sp³-hybridized carbons (Fsp3) is 0.875. The minimum Gasteiger partial charge on any atom is -0.347 e. The van der Waals surface area contributed by atoms with E-state index in [-0.39, 0.29) is 35.0 Å². The van der Waals surface area contributed by atoms with Crippen molar-refractivity contribution in [1.82, 2.24) is 26.2 Å². The average Bonchev–Trinajstić information content (AvgIpc) is 4.04. The minimum absolute atomic E-state index is 0.0147. The summed E-state index contributed by atoms with van der Waals surface area (Å²) in [7, 11) is -3.56. The van der Waals surface area contributed by atoms with Gasteiger partial charge >= 0.3 is 6.03 Å². The molecule has 1 heterocycles. The Bertz CT molecular complexity index is 1550. The van der Waals surface area contributed by atoms with Crippen molar-refractivity contribution in [3.63, 3.8) is 0 Å². The second kappa shape index (κ2) is 14.8. The standard InChI is InChI=1S/C40H65N5O7S/c1-37(2,3)53(51,52)24-40(21-11-8-12-22-40)44-36(50)43-32(39(6)19-9-7-10-20-39)35(49)45-23-27-29(38(27,4)5)30(45)33(47)42-28(18-15-25-13-14-25)31(46)34(48)41-26-16-17-26/h25-30,32H,7-24H2,1-6H3,(H,41,48)(H,42,47)(H2,43,44,50)/t27?,28-,29-,30-,32+/m0/s1. The quantitative estimate of drug-likeness (QED) is 0.188. The van der Waals surface area contributed by atoms with Crippen molar-refractivity contribution in [3.05, 3.63) is 0 Å². The van der Waals surface area contributed by atoms with E-state index in [9.17, 15) is 32.4 Å². The molecule has 4 N–H and O–H groups in total. The van der Waals surface area contributed by atoms with E-state index in [0.29, 0.717) is 31.7 Å². The number of piperidine rings is 1. The second-order valence-corrected chi connectivity index (χ2v) is 22.3. The van der Waals surface area contributed by atoms with E-state index in [2.05, 4.69) is 35.1 Å². The van der Waals surface area contributed by atoms with Crippen molar-refractivity contribution in [3.8, 4) is 0 Å². The molecule has 1 unspecified atom stereocenters. The molecule has 13 heteroatoms. The second-order valence-electron chi connectivity index (χ2n) is 19.5. The molecule has 0 spiro atoms. The lowest BCUT2D eigenvalue weighted by atomic mass is 9.70. The number of carbonyl (C=O) groups excluding carboxylic acids is 5. The third-order valence-corrected chi connectivity index (χ3v) is 16.7. The largest absolute Gasteiger partial charge is 0.347 e. The van der Waals surface area contributed by atoms with Crippen LogP contribution in [0, 0.1) is 28.6 Å². The van der Waals surface area contributed by atoms with E-state index in [1.54, 1.807) is 25.7 Å². The van der Waals surface area contributed by atoms with Crippen molar-refractivity contribution in [2.75, 3.05) is 12.3 Å². The highest BCUT2D eigenvalue weighted by Gasteiger charge is 2.70. The predicted molar refractivity (Wildman–Crippen MR) is 202 cm³/mol. The van der Waals surface area contributed by atoms with Gasteiger partial charge in [-0.2, -0.15) is 0 Å². The molecular weight excluding hydrogens is 695 g/mol. The molecule has 0 aromatic heterocycles. The summed E-state index contributed by atoms with van der Waals surface area (Å²) in [6, 6.07) is -3.28. The molecule has 12 nitrogen and oxygen atoms in total. The molecule has 1 aliphatic heterocycles. The van der Waals surface area contributed by atoms with Gasteiger partial charge in [0.1, 0.15) is 12.1 Å².